The fourth-order valence-corrected chi connectivity index (χ4v) is 0.759. The number of carbonyl (C=O) groups is 1. The van der Waals surface area contributed by atoms with Crippen LogP contribution in [0.15, 0.2) is 9.59 Å². The van der Waals surface area contributed by atoms with Gasteiger partial charge in [-0.25, -0.2) is 0 Å². The number of nitrogens with two attached hydrogens (primary N) is 1. The smallest absolute Gasteiger partial charge is 0.320 e. The van der Waals surface area contributed by atoms with Crippen LogP contribution in [0, 0.1) is 0 Å². The Kier molecular flexibility index (Phi) is 2.09. The van der Waals surface area contributed by atoms with E-state index in [1.807, 2.05) is 0 Å². The fourth-order valence-electron chi connectivity index (χ4n) is 0.759. The standard InChI is InChI=1S/C6H8N2O4/c7-3(6(11)12)1-2-8-4(9)5(8)10/h3H,1-2,7H2,(H,11,12). The number of aromatic nitrogens is 1. The summed E-state index contributed by atoms with van der Waals surface area (Å²) in [5, 5.41) is 8.33. The number of nitrogens with zero attached hydrogens (tertiary/aromatic N) is 1. The first-order valence-corrected chi connectivity index (χ1v) is 3.38. The molecule has 0 radical (unpaired) electrons. The lowest BCUT2D eigenvalue weighted by atomic mass is 10.2. The topological polar surface area (TPSA) is 102 Å². The van der Waals surface area contributed by atoms with E-state index in [-0.39, 0.29) is 13.0 Å². The minimum absolute atomic E-state index is 0.102. The SMILES string of the molecule is NC(CCn1c(=O)c1=O)C(=O)O. The van der Waals surface area contributed by atoms with Crippen LogP contribution in [-0.4, -0.2) is 21.7 Å². The van der Waals surface area contributed by atoms with E-state index in [0.29, 0.717) is 0 Å². The number of hydrogen-bond acceptors (Lipinski definition) is 4. The van der Waals surface area contributed by atoms with Crippen LogP contribution in [0.3, 0.4) is 0 Å². The van der Waals surface area contributed by atoms with Gasteiger partial charge in [-0.3, -0.25) is 19.0 Å². The van der Waals surface area contributed by atoms with Crippen molar-refractivity contribution in [2.45, 2.75) is 19.0 Å². The third-order valence-electron chi connectivity index (χ3n) is 1.60. The van der Waals surface area contributed by atoms with Crippen molar-refractivity contribution in [3.63, 3.8) is 0 Å². The molecule has 1 heterocycles. The van der Waals surface area contributed by atoms with Crippen LogP contribution in [0.25, 0.3) is 0 Å². The highest BCUT2D eigenvalue weighted by Gasteiger charge is 2.18. The molecule has 0 fully saturated rings. The van der Waals surface area contributed by atoms with Crippen molar-refractivity contribution in [3.05, 3.63) is 20.7 Å². The van der Waals surface area contributed by atoms with Gasteiger partial charge in [-0.15, -0.1) is 0 Å². The summed E-state index contributed by atoms with van der Waals surface area (Å²) in [7, 11) is 0. The summed E-state index contributed by atoms with van der Waals surface area (Å²) >= 11 is 0. The third kappa shape index (κ3) is 1.59. The van der Waals surface area contributed by atoms with Gasteiger partial charge in [0.05, 0.1) is 0 Å². The van der Waals surface area contributed by atoms with Gasteiger partial charge in [0, 0.05) is 6.54 Å². The highest BCUT2D eigenvalue weighted by atomic mass is 16.4. The molecule has 0 saturated carbocycles. The van der Waals surface area contributed by atoms with Crippen LogP contribution in [0.5, 0.6) is 0 Å². The Morgan fingerprint density at radius 2 is 2.00 bits per heavy atom. The van der Waals surface area contributed by atoms with Crippen LogP contribution >= 0.6 is 0 Å². The molecule has 0 amide bonds. The Balaban J connectivity index is 2.38. The summed E-state index contributed by atoms with van der Waals surface area (Å²) < 4.78 is 0.961. The van der Waals surface area contributed by atoms with E-state index >= 15 is 0 Å². The molecule has 1 atom stereocenters. The summed E-state index contributed by atoms with van der Waals surface area (Å²) in [4.78, 5) is 31.0. The molecule has 0 bridgehead atoms. The van der Waals surface area contributed by atoms with Crippen molar-refractivity contribution in [2.24, 2.45) is 5.73 Å². The molecule has 1 aromatic rings. The van der Waals surface area contributed by atoms with Gasteiger partial charge in [0.2, 0.25) is 0 Å². The molecule has 6 nitrogen and oxygen atoms in total. The lowest BCUT2D eigenvalue weighted by Gasteiger charge is -2.02. The van der Waals surface area contributed by atoms with Crippen LogP contribution in [0.2, 0.25) is 0 Å². The molecule has 0 saturated heterocycles. The van der Waals surface area contributed by atoms with Crippen LogP contribution in [0.4, 0.5) is 0 Å². The van der Waals surface area contributed by atoms with Gasteiger partial charge < -0.3 is 10.8 Å². The van der Waals surface area contributed by atoms with E-state index < -0.39 is 23.1 Å². The van der Waals surface area contributed by atoms with Crippen molar-refractivity contribution < 1.29 is 9.90 Å². The van der Waals surface area contributed by atoms with Crippen molar-refractivity contribution in [1.82, 2.24) is 4.57 Å². The predicted octanol–water partition coefficient (Wildman–Crippen LogP) is -2.11. The highest BCUT2D eigenvalue weighted by Crippen LogP contribution is 1.90. The molecule has 0 spiro atoms. The molecular formula is C6H8N2O4. The first-order valence-electron chi connectivity index (χ1n) is 3.38. The average Bonchev–Trinajstić information content (AvgIpc) is 2.56. The minimum atomic E-state index is -1.13. The summed E-state index contributed by atoms with van der Waals surface area (Å²) in [6, 6.07) is -1.01. The van der Waals surface area contributed by atoms with E-state index in [0.717, 1.165) is 4.57 Å². The first kappa shape index (κ1) is 8.66. The highest BCUT2D eigenvalue weighted by molar-refractivity contribution is 5.72. The zero-order valence-electron chi connectivity index (χ0n) is 6.19. The Labute approximate surface area is 66.9 Å². The molecule has 0 aliphatic carbocycles. The lowest BCUT2D eigenvalue weighted by Crippen LogP contribution is -2.31. The molecule has 12 heavy (non-hydrogen) atoms. The Bertz CT molecular complexity index is 335. The zero-order valence-corrected chi connectivity index (χ0v) is 6.19. The second-order valence-corrected chi connectivity index (χ2v) is 2.50. The third-order valence-corrected chi connectivity index (χ3v) is 1.60. The van der Waals surface area contributed by atoms with Crippen molar-refractivity contribution in [3.8, 4) is 0 Å². The van der Waals surface area contributed by atoms with E-state index in [4.69, 9.17) is 10.8 Å². The van der Waals surface area contributed by atoms with Gasteiger partial charge in [-0.05, 0) is 6.42 Å². The number of rotatable bonds is 4. The predicted molar refractivity (Wildman–Crippen MR) is 39.6 cm³/mol. The molecule has 1 aromatic heterocycles. The number of carboxylic acid groups (broad SMARTS) is 1. The molecular weight excluding hydrogens is 164 g/mol. The molecule has 66 valence electrons. The number of hydrogen-bond donors (Lipinski definition) is 2. The molecule has 1 rings (SSSR count). The Morgan fingerprint density at radius 3 is 2.33 bits per heavy atom. The monoisotopic (exact) mass is 172 g/mol. The summed E-state index contributed by atoms with van der Waals surface area (Å²) in [6.07, 6.45) is 0.104. The van der Waals surface area contributed by atoms with Crippen LogP contribution in [-0.2, 0) is 11.3 Å². The summed E-state index contributed by atoms with van der Waals surface area (Å²) in [5.41, 5.74) is 4.01. The quantitative estimate of drug-likeness (QED) is 0.506. The lowest BCUT2D eigenvalue weighted by molar-refractivity contribution is -0.138. The van der Waals surface area contributed by atoms with Crippen molar-refractivity contribution in [1.29, 1.82) is 0 Å². The van der Waals surface area contributed by atoms with Gasteiger partial charge in [0.25, 0.3) is 0 Å². The largest absolute Gasteiger partial charge is 0.480 e. The van der Waals surface area contributed by atoms with Crippen molar-refractivity contribution >= 4 is 5.97 Å². The summed E-state index contributed by atoms with van der Waals surface area (Å²) in [5.74, 6) is -1.13. The van der Waals surface area contributed by atoms with Gasteiger partial charge in [0.1, 0.15) is 6.04 Å². The molecule has 0 aliphatic heterocycles. The molecule has 6 heteroatoms. The maximum absolute atomic E-state index is 10.4. The normalized spacial score (nSPS) is 13.4. The molecule has 0 aliphatic rings. The Morgan fingerprint density at radius 1 is 1.50 bits per heavy atom. The second-order valence-electron chi connectivity index (χ2n) is 2.50. The van der Waals surface area contributed by atoms with Crippen molar-refractivity contribution in [2.75, 3.05) is 0 Å². The maximum atomic E-state index is 10.4. The zero-order chi connectivity index (χ0) is 9.30. The van der Waals surface area contributed by atoms with E-state index in [9.17, 15) is 14.4 Å². The van der Waals surface area contributed by atoms with Gasteiger partial charge >= 0.3 is 17.1 Å². The van der Waals surface area contributed by atoms with E-state index in [1.54, 1.807) is 0 Å². The van der Waals surface area contributed by atoms with Crippen LogP contribution < -0.4 is 16.9 Å². The molecule has 1 unspecified atom stereocenters. The van der Waals surface area contributed by atoms with Gasteiger partial charge in [-0.1, -0.05) is 0 Å². The van der Waals surface area contributed by atoms with Gasteiger partial charge in [0.15, 0.2) is 0 Å². The minimum Gasteiger partial charge on any atom is -0.480 e. The van der Waals surface area contributed by atoms with E-state index in [1.165, 1.54) is 0 Å². The molecule has 3 N–H and O–H groups in total. The molecule has 0 aromatic carbocycles. The summed E-state index contributed by atoms with van der Waals surface area (Å²) in [6.45, 7) is 0.102. The Hall–Kier alpha value is -1.43. The van der Waals surface area contributed by atoms with Gasteiger partial charge in [-0.2, -0.15) is 0 Å². The maximum Gasteiger partial charge on any atom is 0.320 e. The number of aliphatic carboxylic acids is 1. The second kappa shape index (κ2) is 2.90. The van der Waals surface area contributed by atoms with Crippen LogP contribution in [0.1, 0.15) is 6.42 Å². The first-order chi connectivity index (χ1) is 5.54. The van der Waals surface area contributed by atoms with E-state index in [2.05, 4.69) is 0 Å². The fraction of sp³-hybridized carbons (Fsp3) is 0.500. The number of carboxylic acids is 1. The average molecular weight is 172 g/mol.